The van der Waals surface area contributed by atoms with Crippen LogP contribution in [-0.4, -0.2) is 18.6 Å². The number of rotatable bonds is 9. The van der Waals surface area contributed by atoms with Gasteiger partial charge in [0.15, 0.2) is 6.10 Å². The third-order valence-corrected chi connectivity index (χ3v) is 4.55. The Morgan fingerprint density at radius 1 is 1.00 bits per heavy atom. The zero-order chi connectivity index (χ0) is 18.1. The first-order valence-electron chi connectivity index (χ1n) is 9.22. The molecular weight excluding hydrogens is 310 g/mol. The number of amides is 1. The van der Waals surface area contributed by atoms with Crippen molar-refractivity contribution in [2.45, 2.75) is 52.1 Å². The van der Waals surface area contributed by atoms with Crippen LogP contribution in [0.5, 0.6) is 5.75 Å². The topological polar surface area (TPSA) is 38.3 Å². The highest BCUT2D eigenvalue weighted by Gasteiger charge is 2.20. The molecule has 0 spiro atoms. The van der Waals surface area contributed by atoms with Crippen molar-refractivity contribution in [1.82, 2.24) is 5.32 Å². The molecule has 0 aromatic heterocycles. The van der Waals surface area contributed by atoms with Crippen molar-refractivity contribution in [2.75, 3.05) is 6.54 Å². The molecule has 0 heterocycles. The van der Waals surface area contributed by atoms with E-state index in [1.165, 1.54) is 11.1 Å². The molecule has 0 aliphatic rings. The maximum atomic E-state index is 12.5. The van der Waals surface area contributed by atoms with Crippen LogP contribution in [-0.2, 0) is 11.2 Å². The first-order valence-corrected chi connectivity index (χ1v) is 9.22. The molecule has 0 fully saturated rings. The summed E-state index contributed by atoms with van der Waals surface area (Å²) in [5, 5.41) is 3.00. The predicted molar refractivity (Wildman–Crippen MR) is 103 cm³/mol. The Kier molecular flexibility index (Phi) is 7.52. The normalized spacial score (nSPS) is 13.1. The molecule has 1 amide bonds. The molecule has 0 radical (unpaired) electrons. The van der Waals surface area contributed by atoms with Crippen molar-refractivity contribution in [3.8, 4) is 5.75 Å². The maximum absolute atomic E-state index is 12.5. The fraction of sp³-hybridized carbons (Fsp3) is 0.409. The van der Waals surface area contributed by atoms with E-state index in [1.54, 1.807) is 0 Å². The Labute approximate surface area is 151 Å². The lowest BCUT2D eigenvalue weighted by Crippen LogP contribution is -2.39. The van der Waals surface area contributed by atoms with E-state index in [0.29, 0.717) is 18.9 Å². The first-order chi connectivity index (χ1) is 12.2. The highest BCUT2D eigenvalue weighted by Crippen LogP contribution is 2.29. The molecule has 2 aromatic carbocycles. The van der Waals surface area contributed by atoms with Gasteiger partial charge in [-0.3, -0.25) is 4.79 Å². The number of carbonyl (C=O) groups excluding carboxylic acids is 1. The standard InChI is InChI=1S/C22H29NO2/c1-4-17(3)19-13-9-10-14-21(19)25-20(5-2)22(24)23-16-15-18-11-7-6-8-12-18/h6-14,17,20H,4-5,15-16H2,1-3H3,(H,23,24). The summed E-state index contributed by atoms with van der Waals surface area (Å²) in [6, 6.07) is 18.2. The van der Waals surface area contributed by atoms with E-state index in [1.807, 2.05) is 43.3 Å². The number of para-hydroxylation sites is 1. The summed E-state index contributed by atoms with van der Waals surface area (Å²) in [5.41, 5.74) is 2.39. The number of hydrogen-bond acceptors (Lipinski definition) is 2. The van der Waals surface area contributed by atoms with Gasteiger partial charge in [-0.2, -0.15) is 0 Å². The highest BCUT2D eigenvalue weighted by molar-refractivity contribution is 5.81. The minimum absolute atomic E-state index is 0.0441. The molecule has 0 aliphatic carbocycles. The van der Waals surface area contributed by atoms with Crippen LogP contribution in [0.25, 0.3) is 0 Å². The van der Waals surface area contributed by atoms with E-state index in [4.69, 9.17) is 4.74 Å². The average Bonchev–Trinajstić information content (AvgIpc) is 2.66. The average molecular weight is 339 g/mol. The van der Waals surface area contributed by atoms with Crippen LogP contribution in [0.3, 0.4) is 0 Å². The van der Waals surface area contributed by atoms with Gasteiger partial charge in [-0.25, -0.2) is 0 Å². The van der Waals surface area contributed by atoms with E-state index in [2.05, 4.69) is 37.4 Å². The van der Waals surface area contributed by atoms with Crippen LogP contribution in [0.15, 0.2) is 54.6 Å². The summed E-state index contributed by atoms with van der Waals surface area (Å²) in [7, 11) is 0. The van der Waals surface area contributed by atoms with Crippen LogP contribution in [0.1, 0.15) is 50.7 Å². The zero-order valence-corrected chi connectivity index (χ0v) is 15.5. The molecule has 3 nitrogen and oxygen atoms in total. The minimum Gasteiger partial charge on any atom is -0.480 e. The van der Waals surface area contributed by atoms with Crippen LogP contribution < -0.4 is 10.1 Å². The quantitative estimate of drug-likeness (QED) is 0.718. The summed E-state index contributed by atoms with van der Waals surface area (Å²) in [6.07, 6.45) is 2.06. The Morgan fingerprint density at radius 2 is 1.68 bits per heavy atom. The molecule has 134 valence electrons. The van der Waals surface area contributed by atoms with Gasteiger partial charge in [0.1, 0.15) is 5.75 Å². The summed E-state index contributed by atoms with van der Waals surface area (Å²) in [5.74, 6) is 1.19. The van der Waals surface area contributed by atoms with Crippen molar-refractivity contribution in [1.29, 1.82) is 0 Å². The second kappa shape index (κ2) is 9.87. The van der Waals surface area contributed by atoms with E-state index in [9.17, 15) is 4.79 Å². The summed E-state index contributed by atoms with van der Waals surface area (Å²) in [4.78, 5) is 12.5. The molecule has 0 bridgehead atoms. The van der Waals surface area contributed by atoms with Crippen LogP contribution in [0, 0.1) is 0 Å². The SMILES string of the molecule is CCC(Oc1ccccc1C(C)CC)C(=O)NCCc1ccccc1. The van der Waals surface area contributed by atoms with Gasteiger partial charge in [0.25, 0.3) is 5.91 Å². The molecule has 0 aliphatic heterocycles. The Hall–Kier alpha value is -2.29. The Morgan fingerprint density at radius 3 is 2.36 bits per heavy atom. The first kappa shape index (κ1) is 19.0. The highest BCUT2D eigenvalue weighted by atomic mass is 16.5. The molecule has 2 unspecified atom stereocenters. The summed E-state index contributed by atoms with van der Waals surface area (Å²) in [6.45, 7) is 6.95. The number of nitrogens with one attached hydrogen (secondary N) is 1. The van der Waals surface area contributed by atoms with E-state index in [-0.39, 0.29) is 5.91 Å². The van der Waals surface area contributed by atoms with Gasteiger partial charge in [0.2, 0.25) is 0 Å². The van der Waals surface area contributed by atoms with Crippen molar-refractivity contribution in [3.05, 3.63) is 65.7 Å². The van der Waals surface area contributed by atoms with Gasteiger partial charge in [-0.05, 0) is 42.4 Å². The van der Waals surface area contributed by atoms with Crippen molar-refractivity contribution < 1.29 is 9.53 Å². The number of benzene rings is 2. The van der Waals surface area contributed by atoms with E-state index < -0.39 is 6.10 Å². The van der Waals surface area contributed by atoms with Gasteiger partial charge in [0, 0.05) is 6.54 Å². The van der Waals surface area contributed by atoms with Crippen LogP contribution >= 0.6 is 0 Å². The van der Waals surface area contributed by atoms with E-state index >= 15 is 0 Å². The van der Waals surface area contributed by atoms with Crippen LogP contribution in [0.2, 0.25) is 0 Å². The number of hydrogen-bond donors (Lipinski definition) is 1. The van der Waals surface area contributed by atoms with Crippen molar-refractivity contribution >= 4 is 5.91 Å². The molecule has 25 heavy (non-hydrogen) atoms. The van der Waals surface area contributed by atoms with Gasteiger partial charge in [0.05, 0.1) is 0 Å². The maximum Gasteiger partial charge on any atom is 0.261 e. The second-order valence-corrected chi connectivity index (χ2v) is 6.39. The van der Waals surface area contributed by atoms with Crippen molar-refractivity contribution in [2.24, 2.45) is 0 Å². The Bertz CT molecular complexity index is 654. The third-order valence-electron chi connectivity index (χ3n) is 4.55. The predicted octanol–water partition coefficient (Wildman–Crippen LogP) is 4.72. The lowest BCUT2D eigenvalue weighted by atomic mass is 9.98. The fourth-order valence-corrected chi connectivity index (χ4v) is 2.78. The largest absolute Gasteiger partial charge is 0.480 e. The molecule has 0 saturated heterocycles. The zero-order valence-electron chi connectivity index (χ0n) is 15.5. The van der Waals surface area contributed by atoms with Gasteiger partial charge < -0.3 is 10.1 Å². The number of carbonyl (C=O) groups is 1. The smallest absolute Gasteiger partial charge is 0.261 e. The summed E-state index contributed by atoms with van der Waals surface area (Å²) >= 11 is 0. The lowest BCUT2D eigenvalue weighted by molar-refractivity contribution is -0.128. The minimum atomic E-state index is -0.457. The molecule has 2 aromatic rings. The summed E-state index contributed by atoms with van der Waals surface area (Å²) < 4.78 is 6.07. The molecule has 3 heteroatoms. The third kappa shape index (κ3) is 5.63. The Balaban J connectivity index is 1.94. The van der Waals surface area contributed by atoms with Gasteiger partial charge in [-0.15, -0.1) is 0 Å². The molecule has 2 rings (SSSR count). The molecule has 0 saturated carbocycles. The van der Waals surface area contributed by atoms with Gasteiger partial charge >= 0.3 is 0 Å². The number of ether oxygens (including phenoxy) is 1. The lowest BCUT2D eigenvalue weighted by Gasteiger charge is -2.21. The second-order valence-electron chi connectivity index (χ2n) is 6.39. The monoisotopic (exact) mass is 339 g/mol. The van der Waals surface area contributed by atoms with Crippen LogP contribution in [0.4, 0.5) is 0 Å². The molecule has 2 atom stereocenters. The van der Waals surface area contributed by atoms with Crippen molar-refractivity contribution in [3.63, 3.8) is 0 Å². The molecular formula is C22H29NO2. The fourth-order valence-electron chi connectivity index (χ4n) is 2.78. The molecule has 1 N–H and O–H groups in total. The van der Waals surface area contributed by atoms with Gasteiger partial charge in [-0.1, -0.05) is 69.3 Å². The van der Waals surface area contributed by atoms with E-state index in [0.717, 1.165) is 18.6 Å².